The van der Waals surface area contributed by atoms with E-state index >= 15 is 0 Å². The van der Waals surface area contributed by atoms with E-state index < -0.39 is 11.9 Å². The zero-order chi connectivity index (χ0) is 12.8. The molecule has 0 amide bonds. The number of ketones is 1. The van der Waals surface area contributed by atoms with Crippen molar-refractivity contribution in [2.75, 3.05) is 7.11 Å². The Bertz CT molecular complexity index is 355. The Morgan fingerprint density at radius 2 is 2.12 bits per heavy atom. The highest BCUT2D eigenvalue weighted by Gasteiger charge is 2.58. The molecule has 2 saturated heterocycles. The monoisotopic (exact) mass is 240 g/mol. The molecule has 0 saturated carbocycles. The van der Waals surface area contributed by atoms with Crippen LogP contribution in [0.1, 0.15) is 40.0 Å². The highest BCUT2D eigenvalue weighted by Crippen LogP contribution is 2.51. The van der Waals surface area contributed by atoms with Gasteiger partial charge in [0.25, 0.3) is 0 Å². The number of ether oxygens (including phenoxy) is 2. The van der Waals surface area contributed by atoms with Gasteiger partial charge in [-0.3, -0.25) is 9.59 Å². The fraction of sp³-hybridized carbons (Fsp3) is 0.846. The van der Waals surface area contributed by atoms with Crippen molar-refractivity contribution in [3.05, 3.63) is 0 Å². The van der Waals surface area contributed by atoms with Gasteiger partial charge in [0.2, 0.25) is 0 Å². The number of fused-ring (bicyclic) bond motifs is 2. The standard InChI is InChI=1S/C13H20O4/c1-12(2,3)13-6-5-9(17-13)10(8(14)7-13)11(15)16-4/h9-10H,5-7H2,1-4H3/t9-,10+,13+/m1/s1. The van der Waals surface area contributed by atoms with Crippen LogP contribution >= 0.6 is 0 Å². The number of esters is 1. The second kappa shape index (κ2) is 3.80. The number of Topliss-reactive ketones (excluding diaryl/α,β-unsaturated/α-hetero) is 1. The molecular weight excluding hydrogens is 220 g/mol. The summed E-state index contributed by atoms with van der Waals surface area (Å²) in [4.78, 5) is 23.7. The molecule has 2 bridgehead atoms. The molecule has 4 heteroatoms. The van der Waals surface area contributed by atoms with Crippen molar-refractivity contribution in [2.24, 2.45) is 11.3 Å². The molecule has 0 spiro atoms. The lowest BCUT2D eigenvalue weighted by Crippen LogP contribution is -2.52. The van der Waals surface area contributed by atoms with Crippen LogP contribution in [0.15, 0.2) is 0 Å². The number of methoxy groups -OCH3 is 1. The third kappa shape index (κ3) is 1.79. The summed E-state index contributed by atoms with van der Waals surface area (Å²) in [6.07, 6.45) is 1.65. The van der Waals surface area contributed by atoms with E-state index in [9.17, 15) is 9.59 Å². The van der Waals surface area contributed by atoms with Gasteiger partial charge in [-0.1, -0.05) is 20.8 Å². The summed E-state index contributed by atoms with van der Waals surface area (Å²) < 4.78 is 10.7. The van der Waals surface area contributed by atoms with E-state index in [0.717, 1.165) is 12.8 Å². The lowest BCUT2D eigenvalue weighted by atomic mass is 9.71. The Labute approximate surface area is 102 Å². The van der Waals surface area contributed by atoms with E-state index in [4.69, 9.17) is 4.74 Å². The first-order valence-corrected chi connectivity index (χ1v) is 6.09. The number of hydrogen-bond donors (Lipinski definition) is 0. The Kier molecular flexibility index (Phi) is 2.81. The van der Waals surface area contributed by atoms with Crippen molar-refractivity contribution in [1.29, 1.82) is 0 Å². The molecule has 2 heterocycles. The largest absolute Gasteiger partial charge is 0.468 e. The first-order valence-electron chi connectivity index (χ1n) is 6.09. The van der Waals surface area contributed by atoms with Gasteiger partial charge in [0.05, 0.1) is 18.8 Å². The molecule has 17 heavy (non-hydrogen) atoms. The molecule has 0 aromatic heterocycles. The fourth-order valence-electron chi connectivity index (χ4n) is 2.97. The van der Waals surface area contributed by atoms with Gasteiger partial charge in [-0.05, 0) is 18.3 Å². The normalized spacial score (nSPS) is 37.1. The molecule has 0 N–H and O–H groups in total. The van der Waals surface area contributed by atoms with Gasteiger partial charge in [0.15, 0.2) is 5.78 Å². The van der Waals surface area contributed by atoms with Crippen molar-refractivity contribution in [2.45, 2.75) is 51.7 Å². The van der Waals surface area contributed by atoms with Gasteiger partial charge in [0.1, 0.15) is 5.92 Å². The quantitative estimate of drug-likeness (QED) is 0.517. The SMILES string of the molecule is COC(=O)[C@H]1C(=O)C[C@]2(C(C)(C)C)CC[C@H]1O2. The number of rotatable bonds is 1. The third-order valence-electron chi connectivity index (χ3n) is 4.21. The maximum atomic E-state index is 12.1. The smallest absolute Gasteiger partial charge is 0.318 e. The average molecular weight is 240 g/mol. The van der Waals surface area contributed by atoms with Gasteiger partial charge in [-0.15, -0.1) is 0 Å². The van der Waals surface area contributed by atoms with E-state index in [1.807, 2.05) is 0 Å². The summed E-state index contributed by atoms with van der Waals surface area (Å²) >= 11 is 0. The van der Waals surface area contributed by atoms with Gasteiger partial charge in [-0.2, -0.15) is 0 Å². The Balaban J connectivity index is 2.26. The summed E-state index contributed by atoms with van der Waals surface area (Å²) in [7, 11) is 1.32. The Hall–Kier alpha value is -0.900. The van der Waals surface area contributed by atoms with E-state index in [-0.39, 0.29) is 22.9 Å². The third-order valence-corrected chi connectivity index (χ3v) is 4.21. The van der Waals surface area contributed by atoms with Gasteiger partial charge in [-0.25, -0.2) is 0 Å². The van der Waals surface area contributed by atoms with Crippen LogP contribution in [0, 0.1) is 11.3 Å². The van der Waals surface area contributed by atoms with Crippen LogP contribution < -0.4 is 0 Å². The van der Waals surface area contributed by atoms with Crippen LogP contribution in [0.25, 0.3) is 0 Å². The van der Waals surface area contributed by atoms with Crippen LogP contribution in [0.3, 0.4) is 0 Å². The van der Waals surface area contributed by atoms with Gasteiger partial charge >= 0.3 is 5.97 Å². The zero-order valence-electron chi connectivity index (χ0n) is 10.9. The van der Waals surface area contributed by atoms with E-state index in [0.29, 0.717) is 6.42 Å². The first kappa shape index (κ1) is 12.6. The minimum atomic E-state index is -0.710. The maximum absolute atomic E-state index is 12.1. The lowest BCUT2D eigenvalue weighted by Gasteiger charge is -2.44. The molecule has 0 radical (unpaired) electrons. The summed E-state index contributed by atoms with van der Waals surface area (Å²) in [5.41, 5.74) is -0.474. The Morgan fingerprint density at radius 3 is 2.65 bits per heavy atom. The van der Waals surface area contributed by atoms with Crippen molar-refractivity contribution >= 4 is 11.8 Å². The van der Waals surface area contributed by atoms with E-state index in [1.54, 1.807) is 0 Å². The molecule has 96 valence electrons. The molecule has 0 unspecified atom stereocenters. The van der Waals surface area contributed by atoms with E-state index in [1.165, 1.54) is 7.11 Å². The Morgan fingerprint density at radius 1 is 1.47 bits per heavy atom. The summed E-state index contributed by atoms with van der Waals surface area (Å²) in [5, 5.41) is 0. The van der Waals surface area contributed by atoms with Crippen LogP contribution in [0.2, 0.25) is 0 Å². The van der Waals surface area contributed by atoms with Gasteiger partial charge < -0.3 is 9.47 Å². The molecular formula is C13H20O4. The van der Waals surface area contributed by atoms with Gasteiger partial charge in [0, 0.05) is 6.42 Å². The minimum absolute atomic E-state index is 0.0273. The highest BCUT2D eigenvalue weighted by molar-refractivity contribution is 6.01. The second-order valence-corrected chi connectivity index (χ2v) is 6.08. The molecule has 2 aliphatic rings. The zero-order valence-corrected chi connectivity index (χ0v) is 10.9. The minimum Gasteiger partial charge on any atom is -0.468 e. The molecule has 0 aromatic rings. The number of hydrogen-bond acceptors (Lipinski definition) is 4. The van der Waals surface area contributed by atoms with E-state index in [2.05, 4.69) is 25.5 Å². The molecule has 0 aromatic carbocycles. The van der Waals surface area contributed by atoms with Crippen LogP contribution in [0.5, 0.6) is 0 Å². The summed E-state index contributed by atoms with van der Waals surface area (Å²) in [6.45, 7) is 6.25. The number of carbonyl (C=O) groups excluding carboxylic acids is 2. The predicted octanol–water partition coefficient (Wildman–Crippen LogP) is 1.71. The molecule has 2 fully saturated rings. The van der Waals surface area contributed by atoms with Crippen molar-refractivity contribution in [3.63, 3.8) is 0 Å². The molecule has 2 aliphatic heterocycles. The predicted molar refractivity (Wildman–Crippen MR) is 61.4 cm³/mol. The lowest BCUT2D eigenvalue weighted by molar-refractivity contribution is -0.182. The molecule has 4 nitrogen and oxygen atoms in total. The first-order chi connectivity index (χ1) is 7.81. The van der Waals surface area contributed by atoms with Crippen molar-refractivity contribution in [3.8, 4) is 0 Å². The topological polar surface area (TPSA) is 52.6 Å². The molecule has 2 rings (SSSR count). The average Bonchev–Trinajstić information content (AvgIpc) is 2.57. The van der Waals surface area contributed by atoms with Crippen LogP contribution in [0.4, 0.5) is 0 Å². The van der Waals surface area contributed by atoms with Crippen LogP contribution in [-0.4, -0.2) is 30.6 Å². The molecule has 0 aliphatic carbocycles. The van der Waals surface area contributed by atoms with Crippen molar-refractivity contribution < 1.29 is 19.1 Å². The summed E-state index contributed by atoms with van der Waals surface area (Å²) in [6, 6.07) is 0. The maximum Gasteiger partial charge on any atom is 0.318 e. The number of carbonyl (C=O) groups is 2. The van der Waals surface area contributed by atoms with Crippen LogP contribution in [-0.2, 0) is 19.1 Å². The fourth-order valence-corrected chi connectivity index (χ4v) is 2.97. The summed E-state index contributed by atoms with van der Waals surface area (Å²) in [5.74, 6) is -1.19. The highest BCUT2D eigenvalue weighted by atomic mass is 16.5. The second-order valence-electron chi connectivity index (χ2n) is 6.08. The molecule has 3 atom stereocenters. The van der Waals surface area contributed by atoms with Crippen molar-refractivity contribution in [1.82, 2.24) is 0 Å².